The standard InChI is InChI=1S/C23H26N2O4/c1-22(2)16-8-6-7-9-17(16)25-14-20(26)24-23(22,25)11-10-15-12-18(27-3)21(29-5)19(13-15)28-4/h6-13H,14H2,1-5H3,(H,24,26)/b11-10+. The highest BCUT2D eigenvalue weighted by Crippen LogP contribution is 2.53. The second-order valence-electron chi connectivity index (χ2n) is 7.83. The van der Waals surface area contributed by atoms with Crippen LogP contribution in [0.3, 0.4) is 0 Å². The van der Waals surface area contributed by atoms with E-state index in [2.05, 4.69) is 42.3 Å². The maximum atomic E-state index is 12.4. The number of hydrogen-bond acceptors (Lipinski definition) is 5. The van der Waals surface area contributed by atoms with Gasteiger partial charge in [-0.15, -0.1) is 0 Å². The van der Waals surface area contributed by atoms with Crippen molar-refractivity contribution in [3.8, 4) is 17.2 Å². The van der Waals surface area contributed by atoms with E-state index >= 15 is 0 Å². The van der Waals surface area contributed by atoms with Crippen LogP contribution >= 0.6 is 0 Å². The summed E-state index contributed by atoms with van der Waals surface area (Å²) in [5, 5.41) is 3.23. The smallest absolute Gasteiger partial charge is 0.241 e. The molecule has 29 heavy (non-hydrogen) atoms. The molecular formula is C23H26N2O4. The summed E-state index contributed by atoms with van der Waals surface area (Å²) < 4.78 is 16.3. The molecule has 0 saturated carbocycles. The molecule has 6 heteroatoms. The monoisotopic (exact) mass is 394 g/mol. The number of anilines is 1. The number of para-hydroxylation sites is 1. The van der Waals surface area contributed by atoms with Gasteiger partial charge in [0.15, 0.2) is 11.5 Å². The summed E-state index contributed by atoms with van der Waals surface area (Å²) in [4.78, 5) is 14.6. The fourth-order valence-electron chi connectivity index (χ4n) is 4.55. The number of nitrogens with one attached hydrogen (secondary N) is 1. The normalized spacial score (nSPS) is 21.7. The minimum absolute atomic E-state index is 0.0159. The van der Waals surface area contributed by atoms with Crippen LogP contribution in [0.15, 0.2) is 42.5 Å². The molecule has 1 atom stereocenters. The van der Waals surface area contributed by atoms with Crippen molar-refractivity contribution in [2.75, 3.05) is 32.8 Å². The van der Waals surface area contributed by atoms with Gasteiger partial charge in [-0.2, -0.15) is 0 Å². The number of benzene rings is 2. The molecule has 6 nitrogen and oxygen atoms in total. The highest BCUT2D eigenvalue weighted by Gasteiger charge is 2.59. The van der Waals surface area contributed by atoms with E-state index < -0.39 is 5.66 Å². The fraction of sp³-hybridized carbons (Fsp3) is 0.348. The second-order valence-corrected chi connectivity index (χ2v) is 7.83. The molecule has 4 rings (SSSR count). The number of carbonyl (C=O) groups is 1. The number of ether oxygens (including phenoxy) is 3. The summed E-state index contributed by atoms with van der Waals surface area (Å²) in [6, 6.07) is 12.1. The Hall–Kier alpha value is -3.15. The molecule has 0 radical (unpaired) electrons. The second kappa shape index (κ2) is 6.72. The number of hydrogen-bond donors (Lipinski definition) is 1. The summed E-state index contributed by atoms with van der Waals surface area (Å²) in [5.41, 5.74) is 2.24. The maximum absolute atomic E-state index is 12.4. The van der Waals surface area contributed by atoms with Crippen molar-refractivity contribution in [2.45, 2.75) is 24.9 Å². The molecule has 0 aromatic heterocycles. The third-order valence-corrected chi connectivity index (χ3v) is 6.08. The number of amides is 1. The van der Waals surface area contributed by atoms with Gasteiger partial charge < -0.3 is 24.4 Å². The van der Waals surface area contributed by atoms with Crippen LogP contribution in [-0.2, 0) is 10.2 Å². The maximum Gasteiger partial charge on any atom is 0.241 e. The fourth-order valence-corrected chi connectivity index (χ4v) is 4.55. The van der Waals surface area contributed by atoms with Gasteiger partial charge in [-0.25, -0.2) is 0 Å². The summed E-state index contributed by atoms with van der Waals surface area (Å²) >= 11 is 0. The molecule has 2 aromatic carbocycles. The number of rotatable bonds is 5. The Kier molecular flexibility index (Phi) is 4.45. The molecule has 1 fully saturated rings. The van der Waals surface area contributed by atoms with E-state index in [4.69, 9.17) is 14.2 Å². The van der Waals surface area contributed by atoms with Crippen LogP contribution in [0.5, 0.6) is 17.2 Å². The van der Waals surface area contributed by atoms with Crippen molar-refractivity contribution < 1.29 is 19.0 Å². The first kappa shape index (κ1) is 19.2. The molecule has 2 aliphatic heterocycles. The van der Waals surface area contributed by atoms with Crippen LogP contribution in [0.1, 0.15) is 25.0 Å². The molecule has 0 spiro atoms. The van der Waals surface area contributed by atoms with E-state index in [1.807, 2.05) is 30.3 Å². The van der Waals surface area contributed by atoms with Gasteiger partial charge in [-0.1, -0.05) is 38.1 Å². The Labute approximate surface area is 171 Å². The lowest BCUT2D eigenvalue weighted by atomic mass is 9.75. The molecule has 1 N–H and O–H groups in total. The van der Waals surface area contributed by atoms with Gasteiger partial charge in [0, 0.05) is 11.1 Å². The quantitative estimate of drug-likeness (QED) is 0.843. The molecule has 152 valence electrons. The van der Waals surface area contributed by atoms with E-state index in [9.17, 15) is 4.79 Å². The van der Waals surface area contributed by atoms with Gasteiger partial charge in [0.05, 0.1) is 27.9 Å². The minimum Gasteiger partial charge on any atom is -0.493 e. The van der Waals surface area contributed by atoms with Crippen LogP contribution in [0, 0.1) is 0 Å². The Bertz CT molecular complexity index is 973. The lowest BCUT2D eigenvalue weighted by Gasteiger charge is -2.40. The van der Waals surface area contributed by atoms with Crippen molar-refractivity contribution in [2.24, 2.45) is 0 Å². The highest BCUT2D eigenvalue weighted by molar-refractivity contribution is 5.91. The van der Waals surface area contributed by atoms with E-state index in [0.717, 1.165) is 11.3 Å². The Morgan fingerprint density at radius 1 is 1.03 bits per heavy atom. The summed E-state index contributed by atoms with van der Waals surface area (Å²) in [6.07, 6.45) is 4.06. The van der Waals surface area contributed by atoms with Gasteiger partial charge in [0.1, 0.15) is 5.66 Å². The lowest BCUT2D eigenvalue weighted by molar-refractivity contribution is -0.118. The van der Waals surface area contributed by atoms with Gasteiger partial charge >= 0.3 is 0 Å². The number of nitrogens with zero attached hydrogens (tertiary/aromatic N) is 1. The van der Waals surface area contributed by atoms with Crippen molar-refractivity contribution in [3.05, 3.63) is 53.6 Å². The first-order valence-electron chi connectivity index (χ1n) is 9.55. The third kappa shape index (κ3) is 2.66. The Morgan fingerprint density at radius 2 is 1.69 bits per heavy atom. The lowest BCUT2D eigenvalue weighted by Crippen LogP contribution is -2.58. The third-order valence-electron chi connectivity index (χ3n) is 6.08. The van der Waals surface area contributed by atoms with Crippen LogP contribution in [0.4, 0.5) is 5.69 Å². The number of carbonyl (C=O) groups excluding carboxylic acids is 1. The zero-order valence-electron chi connectivity index (χ0n) is 17.4. The molecule has 0 aliphatic carbocycles. The van der Waals surface area contributed by atoms with Gasteiger partial charge in [-0.3, -0.25) is 4.79 Å². The van der Waals surface area contributed by atoms with Crippen LogP contribution in [0.2, 0.25) is 0 Å². The molecule has 2 aliphatic rings. The SMILES string of the molecule is COc1cc(/C=C/C23NC(=O)CN2c2ccccc2C3(C)C)cc(OC)c1OC. The summed E-state index contributed by atoms with van der Waals surface area (Å²) in [7, 11) is 4.78. The van der Waals surface area contributed by atoms with Crippen molar-refractivity contribution in [1.82, 2.24) is 5.32 Å². The molecule has 1 unspecified atom stereocenters. The minimum atomic E-state index is -0.645. The molecular weight excluding hydrogens is 368 g/mol. The molecule has 1 saturated heterocycles. The van der Waals surface area contributed by atoms with Gasteiger partial charge in [0.25, 0.3) is 0 Å². The summed E-state index contributed by atoms with van der Waals surface area (Å²) in [6.45, 7) is 4.66. The average Bonchev–Trinajstić information content (AvgIpc) is 3.16. The predicted octanol–water partition coefficient (Wildman–Crippen LogP) is 3.35. The zero-order valence-corrected chi connectivity index (χ0v) is 17.4. The largest absolute Gasteiger partial charge is 0.493 e. The van der Waals surface area contributed by atoms with Crippen LogP contribution in [-0.4, -0.2) is 39.4 Å². The molecule has 1 amide bonds. The van der Waals surface area contributed by atoms with Gasteiger partial charge in [0.2, 0.25) is 11.7 Å². The van der Waals surface area contributed by atoms with Crippen molar-refractivity contribution >= 4 is 17.7 Å². The number of fused-ring (bicyclic) bond motifs is 3. The van der Waals surface area contributed by atoms with Crippen LogP contribution < -0.4 is 24.4 Å². The average molecular weight is 394 g/mol. The van der Waals surface area contributed by atoms with Crippen LogP contribution in [0.25, 0.3) is 6.08 Å². The van der Waals surface area contributed by atoms with Gasteiger partial charge in [-0.05, 0) is 35.4 Å². The topological polar surface area (TPSA) is 60.0 Å². The molecule has 2 aromatic rings. The molecule has 0 bridgehead atoms. The zero-order chi connectivity index (χ0) is 20.8. The van der Waals surface area contributed by atoms with Crippen molar-refractivity contribution in [3.63, 3.8) is 0 Å². The van der Waals surface area contributed by atoms with E-state index in [1.165, 1.54) is 5.56 Å². The first-order chi connectivity index (χ1) is 13.9. The van der Waals surface area contributed by atoms with E-state index in [0.29, 0.717) is 23.8 Å². The van der Waals surface area contributed by atoms with Crippen molar-refractivity contribution in [1.29, 1.82) is 0 Å². The predicted molar refractivity (Wildman–Crippen MR) is 113 cm³/mol. The number of methoxy groups -OCH3 is 3. The first-order valence-corrected chi connectivity index (χ1v) is 9.55. The Morgan fingerprint density at radius 3 is 2.31 bits per heavy atom. The Balaban J connectivity index is 1.81. The molecule has 2 heterocycles. The van der Waals surface area contributed by atoms with E-state index in [-0.39, 0.29) is 11.3 Å². The summed E-state index contributed by atoms with van der Waals surface area (Å²) in [5.74, 6) is 1.74. The van der Waals surface area contributed by atoms with E-state index in [1.54, 1.807) is 21.3 Å². The highest BCUT2D eigenvalue weighted by atomic mass is 16.5.